The maximum absolute atomic E-state index is 10.4. The Hall–Kier alpha value is 0.930. The Labute approximate surface area is 108 Å². The standard InChI is InChI=1S/C6H13O9P3/c1-2-6(3-13-16(7)8,4-14-17(9)10)5-15-18(11)12/h7-8H,2-5H2,1H3/q-4. The van der Waals surface area contributed by atoms with E-state index in [1.54, 1.807) is 6.92 Å². The van der Waals surface area contributed by atoms with Gasteiger partial charge in [-0.25, -0.2) is 0 Å². The van der Waals surface area contributed by atoms with Gasteiger partial charge in [-0.05, 0) is 6.42 Å². The van der Waals surface area contributed by atoms with Crippen molar-refractivity contribution in [2.75, 3.05) is 19.8 Å². The van der Waals surface area contributed by atoms with Crippen molar-refractivity contribution in [1.82, 2.24) is 0 Å². The molecule has 2 N–H and O–H groups in total. The molecule has 0 saturated carbocycles. The average Bonchev–Trinajstić information content (AvgIpc) is 2.28. The minimum Gasteiger partial charge on any atom is -0.820 e. The molecule has 0 heterocycles. The lowest BCUT2D eigenvalue weighted by atomic mass is 9.88. The molecule has 9 nitrogen and oxygen atoms in total. The number of hydrogen-bond acceptors (Lipinski definition) is 9. The Balaban J connectivity index is 4.49. The summed E-state index contributed by atoms with van der Waals surface area (Å²) in [5.41, 5.74) is -1.10. The molecule has 0 fully saturated rings. The van der Waals surface area contributed by atoms with Gasteiger partial charge in [0.2, 0.25) is 0 Å². The topological polar surface area (TPSA) is 160 Å². The first kappa shape index (κ1) is 18.9. The Morgan fingerprint density at radius 3 is 1.56 bits per heavy atom. The Morgan fingerprint density at radius 2 is 1.28 bits per heavy atom. The van der Waals surface area contributed by atoms with E-state index >= 15 is 0 Å². The summed E-state index contributed by atoms with van der Waals surface area (Å²) in [5, 5.41) is 0. The molecule has 18 heavy (non-hydrogen) atoms. The van der Waals surface area contributed by atoms with Crippen LogP contribution in [0.1, 0.15) is 13.3 Å². The lowest BCUT2D eigenvalue weighted by molar-refractivity contribution is -0.322. The Bertz CT molecular complexity index is 183. The molecule has 0 radical (unpaired) electrons. The molecule has 12 heteroatoms. The van der Waals surface area contributed by atoms with Gasteiger partial charge in [-0.3, -0.25) is 0 Å². The van der Waals surface area contributed by atoms with Crippen LogP contribution in [0.5, 0.6) is 0 Å². The van der Waals surface area contributed by atoms with E-state index in [0.29, 0.717) is 0 Å². The highest BCUT2D eigenvalue weighted by Gasteiger charge is 2.30. The van der Waals surface area contributed by atoms with Crippen LogP contribution in [0.25, 0.3) is 0 Å². The predicted molar refractivity (Wildman–Crippen MR) is 55.8 cm³/mol. The van der Waals surface area contributed by atoms with Gasteiger partial charge in [0, 0.05) is 5.41 Å². The molecule has 0 rings (SSSR count). The highest BCUT2D eigenvalue weighted by Crippen LogP contribution is 2.35. The van der Waals surface area contributed by atoms with Gasteiger partial charge in [0.05, 0.1) is 19.8 Å². The maximum Gasteiger partial charge on any atom is 0.327 e. The fourth-order valence-corrected chi connectivity index (χ4v) is 2.15. The van der Waals surface area contributed by atoms with Crippen LogP contribution in [-0.4, -0.2) is 29.6 Å². The third kappa shape index (κ3) is 8.93. The van der Waals surface area contributed by atoms with E-state index in [2.05, 4.69) is 13.6 Å². The zero-order valence-corrected chi connectivity index (χ0v) is 12.1. The van der Waals surface area contributed by atoms with Crippen LogP contribution < -0.4 is 19.6 Å². The van der Waals surface area contributed by atoms with Crippen molar-refractivity contribution in [1.29, 1.82) is 0 Å². The van der Waals surface area contributed by atoms with Crippen molar-refractivity contribution in [3.8, 4) is 0 Å². The molecular weight excluding hydrogens is 309 g/mol. The first-order chi connectivity index (χ1) is 8.31. The van der Waals surface area contributed by atoms with Crippen molar-refractivity contribution in [3.63, 3.8) is 0 Å². The second-order valence-electron chi connectivity index (χ2n) is 3.37. The molecule has 0 aromatic carbocycles. The largest absolute Gasteiger partial charge is 0.820 e. The van der Waals surface area contributed by atoms with E-state index in [9.17, 15) is 19.6 Å². The van der Waals surface area contributed by atoms with Gasteiger partial charge in [-0.15, -0.1) is 0 Å². The highest BCUT2D eigenvalue weighted by atomic mass is 31.2. The van der Waals surface area contributed by atoms with Gasteiger partial charge >= 0.3 is 8.60 Å². The van der Waals surface area contributed by atoms with E-state index in [-0.39, 0.29) is 26.2 Å². The van der Waals surface area contributed by atoms with Crippen LogP contribution in [0.15, 0.2) is 0 Å². The van der Waals surface area contributed by atoms with Crippen LogP contribution in [0.4, 0.5) is 0 Å². The summed E-state index contributed by atoms with van der Waals surface area (Å²) in [6, 6.07) is 0. The molecule has 0 aliphatic rings. The van der Waals surface area contributed by atoms with Crippen LogP contribution in [-0.2, 0) is 13.6 Å². The van der Waals surface area contributed by atoms with E-state index in [4.69, 9.17) is 9.79 Å². The number of hydrogen-bond donors (Lipinski definition) is 2. The SMILES string of the molecule is CCC(COP([O-])[O-])(COP([O-])[O-])COP(O)O. The van der Waals surface area contributed by atoms with Crippen molar-refractivity contribution in [3.05, 3.63) is 0 Å². The first-order valence-electron chi connectivity index (χ1n) is 4.67. The fourth-order valence-electron chi connectivity index (χ4n) is 1.01. The average molecular weight is 322 g/mol. The van der Waals surface area contributed by atoms with Crippen LogP contribution in [0.3, 0.4) is 0 Å². The molecule has 0 aliphatic carbocycles. The second kappa shape index (κ2) is 9.77. The molecule has 0 unspecified atom stereocenters. The quantitative estimate of drug-likeness (QED) is 0.415. The molecule has 0 aliphatic heterocycles. The zero-order valence-electron chi connectivity index (χ0n) is 9.42. The molecule has 0 saturated heterocycles. The van der Waals surface area contributed by atoms with Gasteiger partial charge < -0.3 is 42.9 Å². The van der Waals surface area contributed by atoms with Gasteiger partial charge in [-0.1, -0.05) is 6.92 Å². The summed E-state index contributed by atoms with van der Waals surface area (Å²) in [5.74, 6) is 0. The Kier molecular flexibility index (Phi) is 10.3. The van der Waals surface area contributed by atoms with Gasteiger partial charge in [0.15, 0.2) is 0 Å². The third-order valence-corrected chi connectivity index (χ3v) is 3.23. The van der Waals surface area contributed by atoms with Crippen LogP contribution in [0, 0.1) is 5.41 Å². The van der Waals surface area contributed by atoms with Gasteiger partial charge in [0.1, 0.15) is 0 Å². The smallest absolute Gasteiger partial charge is 0.327 e. The van der Waals surface area contributed by atoms with E-state index in [0.717, 1.165) is 0 Å². The summed E-state index contributed by atoms with van der Waals surface area (Å²) in [6.45, 7) is 0.556. The van der Waals surface area contributed by atoms with E-state index in [1.165, 1.54) is 0 Å². The normalized spacial score (nSPS) is 13.0. The molecule has 110 valence electrons. The van der Waals surface area contributed by atoms with Crippen molar-refractivity contribution in [2.45, 2.75) is 13.3 Å². The van der Waals surface area contributed by atoms with Gasteiger partial charge in [0.25, 0.3) is 0 Å². The minimum atomic E-state index is -3.10. The van der Waals surface area contributed by atoms with Crippen molar-refractivity contribution in [2.24, 2.45) is 5.41 Å². The third-order valence-electron chi connectivity index (χ3n) is 2.19. The maximum atomic E-state index is 10.4. The van der Waals surface area contributed by atoms with Gasteiger partial charge in [-0.2, -0.15) is 17.2 Å². The summed E-state index contributed by atoms with van der Waals surface area (Å²) in [4.78, 5) is 58.7. The number of rotatable bonds is 10. The monoisotopic (exact) mass is 322 g/mol. The summed E-state index contributed by atoms with van der Waals surface area (Å²) >= 11 is 0. The predicted octanol–water partition coefficient (Wildman–Crippen LogP) is -2.46. The molecular formula is C6H13O9P3-4. The lowest BCUT2D eigenvalue weighted by Gasteiger charge is -2.40. The first-order valence-corrected chi connectivity index (χ1v) is 8.02. The lowest BCUT2D eigenvalue weighted by Crippen LogP contribution is -2.37. The second-order valence-corrected chi connectivity index (χ2v) is 5.55. The van der Waals surface area contributed by atoms with E-state index < -0.39 is 31.2 Å². The highest BCUT2D eigenvalue weighted by molar-refractivity contribution is 7.39. The zero-order chi connectivity index (χ0) is 14.2. The van der Waals surface area contributed by atoms with E-state index in [1.807, 2.05) is 0 Å². The van der Waals surface area contributed by atoms with Crippen molar-refractivity contribution < 1.29 is 42.9 Å². The molecule has 0 amide bonds. The molecule has 0 bridgehead atoms. The summed E-state index contributed by atoms with van der Waals surface area (Å²) in [7, 11) is -8.84. The van der Waals surface area contributed by atoms with Crippen LogP contribution in [0.2, 0.25) is 0 Å². The minimum absolute atomic E-state index is 0.252. The van der Waals surface area contributed by atoms with Crippen LogP contribution >= 0.6 is 25.8 Å². The van der Waals surface area contributed by atoms with Crippen molar-refractivity contribution >= 4 is 25.8 Å². The molecule has 0 spiro atoms. The molecule has 0 atom stereocenters. The summed E-state index contributed by atoms with van der Waals surface area (Å²) < 4.78 is 13.4. The summed E-state index contributed by atoms with van der Waals surface area (Å²) in [6.07, 6.45) is 0.252. The fraction of sp³-hybridized carbons (Fsp3) is 1.00. The molecule has 0 aromatic rings. The molecule has 0 aromatic heterocycles. The Morgan fingerprint density at radius 1 is 0.889 bits per heavy atom.